The van der Waals surface area contributed by atoms with Crippen molar-refractivity contribution in [1.29, 1.82) is 0 Å². The zero-order valence-corrected chi connectivity index (χ0v) is 27.0. The van der Waals surface area contributed by atoms with Gasteiger partial charge in [0.2, 0.25) is 0 Å². The Morgan fingerprint density at radius 2 is 0.625 bits per heavy atom. The SMILES string of the molecule is COc1cc(-c2ccccc2)c2cc(-c3ccccc3)ccc2c1-c1c(OC)cc(-c2ccccc2)c2cc(-c3ccccc3)ccc12. The quantitative estimate of drug-likeness (QED) is 0.177. The molecule has 8 aromatic rings. The summed E-state index contributed by atoms with van der Waals surface area (Å²) in [7, 11) is 3.52. The molecule has 0 saturated heterocycles. The fourth-order valence-corrected chi connectivity index (χ4v) is 6.97. The van der Waals surface area contributed by atoms with Gasteiger partial charge in [0.25, 0.3) is 0 Å². The maximum atomic E-state index is 6.29. The Morgan fingerprint density at radius 1 is 0.292 bits per heavy atom. The van der Waals surface area contributed by atoms with Gasteiger partial charge in [0, 0.05) is 11.1 Å². The Kier molecular flexibility index (Phi) is 7.68. The number of rotatable bonds is 7. The molecule has 0 atom stereocenters. The monoisotopic (exact) mass is 618 g/mol. The van der Waals surface area contributed by atoms with Crippen LogP contribution >= 0.6 is 0 Å². The first kappa shape index (κ1) is 29.3. The molecule has 0 unspecified atom stereocenters. The molecule has 0 amide bonds. The van der Waals surface area contributed by atoms with Crippen LogP contribution in [-0.4, -0.2) is 14.2 Å². The van der Waals surface area contributed by atoms with Crippen molar-refractivity contribution in [3.63, 3.8) is 0 Å². The summed E-state index contributed by atoms with van der Waals surface area (Å²) in [6.45, 7) is 0. The van der Waals surface area contributed by atoms with Crippen LogP contribution in [-0.2, 0) is 0 Å². The fourth-order valence-electron chi connectivity index (χ4n) is 6.97. The molecule has 230 valence electrons. The largest absolute Gasteiger partial charge is 0.496 e. The van der Waals surface area contributed by atoms with Crippen LogP contribution in [0.3, 0.4) is 0 Å². The van der Waals surface area contributed by atoms with Crippen LogP contribution in [0.2, 0.25) is 0 Å². The molecule has 8 aromatic carbocycles. The molecule has 0 fully saturated rings. The van der Waals surface area contributed by atoms with Gasteiger partial charge in [0.05, 0.1) is 14.2 Å². The number of methoxy groups -OCH3 is 2. The summed E-state index contributed by atoms with van der Waals surface area (Å²) >= 11 is 0. The van der Waals surface area contributed by atoms with Crippen molar-refractivity contribution in [2.75, 3.05) is 14.2 Å². The average Bonchev–Trinajstić information content (AvgIpc) is 3.17. The van der Waals surface area contributed by atoms with E-state index in [1.807, 2.05) is 0 Å². The fraction of sp³-hybridized carbons (Fsp3) is 0.0435. The van der Waals surface area contributed by atoms with Crippen molar-refractivity contribution in [3.05, 3.63) is 170 Å². The van der Waals surface area contributed by atoms with Gasteiger partial charge >= 0.3 is 0 Å². The molecule has 0 spiro atoms. The maximum absolute atomic E-state index is 6.29. The normalized spacial score (nSPS) is 11.1. The zero-order chi connectivity index (χ0) is 32.5. The first-order valence-electron chi connectivity index (χ1n) is 16.2. The van der Waals surface area contributed by atoms with Gasteiger partial charge in [0.1, 0.15) is 11.5 Å². The van der Waals surface area contributed by atoms with Crippen LogP contribution in [0.5, 0.6) is 11.5 Å². The van der Waals surface area contributed by atoms with E-state index in [4.69, 9.17) is 9.47 Å². The zero-order valence-electron chi connectivity index (χ0n) is 27.0. The Balaban J connectivity index is 1.48. The average molecular weight is 619 g/mol. The van der Waals surface area contributed by atoms with Crippen molar-refractivity contribution in [1.82, 2.24) is 0 Å². The summed E-state index contributed by atoms with van der Waals surface area (Å²) < 4.78 is 12.6. The highest BCUT2D eigenvalue weighted by atomic mass is 16.5. The molecule has 2 nitrogen and oxygen atoms in total. The van der Waals surface area contributed by atoms with Crippen LogP contribution in [0.25, 0.3) is 77.2 Å². The topological polar surface area (TPSA) is 18.5 Å². The third-order valence-electron chi connectivity index (χ3n) is 9.28. The van der Waals surface area contributed by atoms with Crippen molar-refractivity contribution >= 4 is 21.5 Å². The molecular formula is C46H34O2. The second-order valence-electron chi connectivity index (χ2n) is 12.0. The molecule has 0 N–H and O–H groups in total. The molecule has 0 saturated carbocycles. The minimum absolute atomic E-state index is 0.799. The first-order chi connectivity index (χ1) is 23.7. The van der Waals surface area contributed by atoms with Gasteiger partial charge < -0.3 is 9.47 Å². The summed E-state index contributed by atoms with van der Waals surface area (Å²) in [4.78, 5) is 0. The molecule has 0 aliphatic rings. The number of hydrogen-bond acceptors (Lipinski definition) is 2. The maximum Gasteiger partial charge on any atom is 0.128 e. The highest BCUT2D eigenvalue weighted by Crippen LogP contribution is 2.51. The van der Waals surface area contributed by atoms with Crippen molar-refractivity contribution < 1.29 is 9.47 Å². The Morgan fingerprint density at radius 3 is 0.958 bits per heavy atom. The molecular weight excluding hydrogens is 585 g/mol. The molecule has 0 radical (unpaired) electrons. The van der Waals surface area contributed by atoms with Crippen molar-refractivity contribution in [3.8, 4) is 67.1 Å². The van der Waals surface area contributed by atoms with Gasteiger partial charge in [-0.05, 0) is 90.3 Å². The van der Waals surface area contributed by atoms with E-state index >= 15 is 0 Å². The third-order valence-corrected chi connectivity index (χ3v) is 9.28. The van der Waals surface area contributed by atoms with Crippen molar-refractivity contribution in [2.24, 2.45) is 0 Å². The van der Waals surface area contributed by atoms with E-state index in [0.29, 0.717) is 0 Å². The van der Waals surface area contributed by atoms with Gasteiger partial charge in [-0.3, -0.25) is 0 Å². The molecule has 2 heteroatoms. The number of benzene rings is 8. The second kappa shape index (κ2) is 12.6. The minimum atomic E-state index is 0.799. The molecule has 0 aliphatic carbocycles. The van der Waals surface area contributed by atoms with Gasteiger partial charge in [-0.15, -0.1) is 0 Å². The highest BCUT2D eigenvalue weighted by molar-refractivity contribution is 6.16. The summed E-state index contributed by atoms with van der Waals surface area (Å²) in [6, 6.07) is 60.2. The Bertz CT molecular complexity index is 2210. The van der Waals surface area contributed by atoms with Gasteiger partial charge in [-0.2, -0.15) is 0 Å². The molecule has 8 rings (SSSR count). The molecule has 0 aromatic heterocycles. The molecule has 0 bridgehead atoms. The summed E-state index contributed by atoms with van der Waals surface area (Å²) in [6.07, 6.45) is 0. The third kappa shape index (κ3) is 5.18. The highest BCUT2D eigenvalue weighted by Gasteiger charge is 2.23. The van der Waals surface area contributed by atoms with Crippen LogP contribution < -0.4 is 9.47 Å². The predicted molar refractivity (Wildman–Crippen MR) is 202 cm³/mol. The van der Waals surface area contributed by atoms with E-state index in [9.17, 15) is 0 Å². The molecule has 0 aliphatic heterocycles. The Labute approximate surface area is 281 Å². The smallest absolute Gasteiger partial charge is 0.128 e. The van der Waals surface area contributed by atoms with Crippen LogP contribution in [0.15, 0.2) is 170 Å². The lowest BCUT2D eigenvalue weighted by Gasteiger charge is -2.22. The number of hydrogen-bond donors (Lipinski definition) is 0. The summed E-state index contributed by atoms with van der Waals surface area (Å²) in [5.74, 6) is 1.60. The molecule has 0 heterocycles. The van der Waals surface area contributed by atoms with E-state index in [-0.39, 0.29) is 0 Å². The van der Waals surface area contributed by atoms with E-state index in [1.54, 1.807) is 14.2 Å². The second-order valence-corrected chi connectivity index (χ2v) is 12.0. The van der Waals surface area contributed by atoms with E-state index < -0.39 is 0 Å². The first-order valence-corrected chi connectivity index (χ1v) is 16.2. The van der Waals surface area contributed by atoms with Crippen LogP contribution in [0.1, 0.15) is 0 Å². The number of fused-ring (bicyclic) bond motifs is 2. The molecule has 48 heavy (non-hydrogen) atoms. The number of ether oxygens (including phenoxy) is 2. The van der Waals surface area contributed by atoms with Crippen LogP contribution in [0, 0.1) is 0 Å². The Hall–Kier alpha value is -6.12. The van der Waals surface area contributed by atoms with Gasteiger partial charge in [0.15, 0.2) is 0 Å². The lowest BCUT2D eigenvalue weighted by molar-refractivity contribution is 0.411. The van der Waals surface area contributed by atoms with Crippen LogP contribution in [0.4, 0.5) is 0 Å². The lowest BCUT2D eigenvalue weighted by Crippen LogP contribution is -1.98. The van der Waals surface area contributed by atoms with Gasteiger partial charge in [-0.25, -0.2) is 0 Å². The lowest BCUT2D eigenvalue weighted by atomic mass is 9.85. The van der Waals surface area contributed by atoms with E-state index in [0.717, 1.165) is 66.4 Å². The predicted octanol–water partition coefficient (Wildman–Crippen LogP) is 12.3. The summed E-state index contributed by atoms with van der Waals surface area (Å²) in [5.41, 5.74) is 11.3. The summed E-state index contributed by atoms with van der Waals surface area (Å²) in [5, 5.41) is 4.52. The van der Waals surface area contributed by atoms with Gasteiger partial charge in [-0.1, -0.05) is 146 Å². The van der Waals surface area contributed by atoms with Crippen molar-refractivity contribution in [2.45, 2.75) is 0 Å². The van der Waals surface area contributed by atoms with E-state index in [1.165, 1.54) is 22.3 Å². The standard InChI is InChI=1S/C46H34O2/c1-47-43-29-39(33-19-11-5-12-20-33)41-27-35(31-15-7-3-8-16-31)23-25-37(41)45(43)46-38-26-24-36(32-17-9-4-10-18-32)28-42(38)40(30-44(46)48-2)34-21-13-6-14-22-34/h3-30H,1-2H3. The minimum Gasteiger partial charge on any atom is -0.496 e. The van der Waals surface area contributed by atoms with E-state index in [2.05, 4.69) is 170 Å².